The Morgan fingerprint density at radius 1 is 1.31 bits per heavy atom. The van der Waals surface area contributed by atoms with Crippen molar-refractivity contribution >= 4 is 5.91 Å². The van der Waals surface area contributed by atoms with Gasteiger partial charge in [0.05, 0.1) is 0 Å². The van der Waals surface area contributed by atoms with E-state index in [1.54, 1.807) is 0 Å². The number of rotatable bonds is 5. The maximum absolute atomic E-state index is 12.1. The lowest BCUT2D eigenvalue weighted by molar-refractivity contribution is -0.136. The molecule has 0 saturated carbocycles. The lowest BCUT2D eigenvalue weighted by Gasteiger charge is -2.33. The Kier molecular flexibility index (Phi) is 5.77. The molecule has 1 aliphatic heterocycles. The second-order valence-electron chi connectivity index (χ2n) is 4.42. The molecule has 2 N–H and O–H groups in total. The van der Waals surface area contributed by atoms with Crippen molar-refractivity contribution in [3.63, 3.8) is 0 Å². The Hall–Kier alpha value is -0.610. The molecule has 1 fully saturated rings. The van der Waals surface area contributed by atoms with Gasteiger partial charge in [-0.05, 0) is 39.8 Å². The van der Waals surface area contributed by atoms with Crippen molar-refractivity contribution < 1.29 is 4.79 Å². The number of amides is 1. The molecule has 4 nitrogen and oxygen atoms in total. The molecule has 0 unspecified atom stereocenters. The summed E-state index contributed by atoms with van der Waals surface area (Å²) in [5, 5.41) is 0. The number of carbonyl (C=O) groups is 1. The van der Waals surface area contributed by atoms with Crippen molar-refractivity contribution in [3.05, 3.63) is 0 Å². The van der Waals surface area contributed by atoms with Gasteiger partial charge < -0.3 is 15.5 Å². The van der Waals surface area contributed by atoms with E-state index in [4.69, 9.17) is 5.73 Å². The molecular formula is C12H25N3O. The Bertz CT molecular complexity index is 208. The molecule has 1 aliphatic rings. The summed E-state index contributed by atoms with van der Waals surface area (Å²) in [7, 11) is 0. The summed E-state index contributed by atoms with van der Waals surface area (Å²) in [6, 6.07) is 0. The molecule has 0 aromatic rings. The first-order valence-electron chi connectivity index (χ1n) is 6.44. The largest absolute Gasteiger partial charge is 0.343 e. The van der Waals surface area contributed by atoms with Crippen LogP contribution in [0, 0.1) is 5.92 Å². The van der Waals surface area contributed by atoms with Crippen LogP contribution in [0.25, 0.3) is 0 Å². The van der Waals surface area contributed by atoms with Gasteiger partial charge in [0.1, 0.15) is 0 Å². The number of nitrogens with two attached hydrogens (primary N) is 1. The maximum atomic E-state index is 12.1. The smallest absolute Gasteiger partial charge is 0.225 e. The fraction of sp³-hybridized carbons (Fsp3) is 0.917. The lowest BCUT2D eigenvalue weighted by Crippen LogP contribution is -2.43. The van der Waals surface area contributed by atoms with Crippen LogP contribution in [0.5, 0.6) is 0 Å². The molecule has 1 rings (SSSR count). The number of hydrogen-bond donors (Lipinski definition) is 1. The SMILES string of the molecule is CCN(CC)C(=O)C1CCN(CCN)CC1. The summed E-state index contributed by atoms with van der Waals surface area (Å²) in [6.45, 7) is 9.48. The average molecular weight is 227 g/mol. The van der Waals surface area contributed by atoms with Gasteiger partial charge in [-0.3, -0.25) is 4.79 Å². The molecule has 4 heteroatoms. The first-order valence-corrected chi connectivity index (χ1v) is 6.44. The summed E-state index contributed by atoms with van der Waals surface area (Å²) < 4.78 is 0. The molecule has 0 aliphatic carbocycles. The fourth-order valence-corrected chi connectivity index (χ4v) is 2.38. The highest BCUT2D eigenvalue weighted by atomic mass is 16.2. The quantitative estimate of drug-likeness (QED) is 0.745. The minimum absolute atomic E-state index is 0.244. The second-order valence-corrected chi connectivity index (χ2v) is 4.42. The zero-order valence-corrected chi connectivity index (χ0v) is 10.6. The third-order valence-electron chi connectivity index (χ3n) is 3.46. The minimum atomic E-state index is 0.244. The molecule has 0 aromatic carbocycles. The van der Waals surface area contributed by atoms with E-state index in [2.05, 4.69) is 4.90 Å². The molecule has 0 aromatic heterocycles. The standard InChI is InChI=1S/C12H25N3O/c1-3-15(4-2)12(16)11-5-8-14(9-6-11)10-7-13/h11H,3-10,13H2,1-2H3. The van der Waals surface area contributed by atoms with E-state index in [0.717, 1.165) is 45.6 Å². The van der Waals surface area contributed by atoms with E-state index in [9.17, 15) is 4.79 Å². The summed E-state index contributed by atoms with van der Waals surface area (Å²) in [5.74, 6) is 0.589. The van der Waals surface area contributed by atoms with Gasteiger partial charge in [-0.15, -0.1) is 0 Å². The first kappa shape index (κ1) is 13.5. The van der Waals surface area contributed by atoms with Gasteiger partial charge in [0.2, 0.25) is 5.91 Å². The Morgan fingerprint density at radius 2 is 1.88 bits per heavy atom. The van der Waals surface area contributed by atoms with Crippen molar-refractivity contribution in [2.75, 3.05) is 39.3 Å². The first-order chi connectivity index (χ1) is 7.72. The Labute approximate surface area is 98.8 Å². The normalized spacial score (nSPS) is 18.7. The van der Waals surface area contributed by atoms with Crippen LogP contribution in [0.3, 0.4) is 0 Å². The monoisotopic (exact) mass is 227 g/mol. The summed E-state index contributed by atoms with van der Waals surface area (Å²) in [5.41, 5.74) is 5.53. The van der Waals surface area contributed by atoms with Gasteiger partial charge in [-0.25, -0.2) is 0 Å². The second kappa shape index (κ2) is 6.86. The zero-order valence-electron chi connectivity index (χ0n) is 10.6. The summed E-state index contributed by atoms with van der Waals surface area (Å²) in [4.78, 5) is 16.4. The average Bonchev–Trinajstić information content (AvgIpc) is 2.32. The van der Waals surface area contributed by atoms with Crippen molar-refractivity contribution in [1.82, 2.24) is 9.80 Å². The topological polar surface area (TPSA) is 49.6 Å². The number of likely N-dealkylation sites (tertiary alicyclic amines) is 1. The van der Waals surface area contributed by atoms with E-state index in [0.29, 0.717) is 12.5 Å². The Morgan fingerprint density at radius 3 is 2.31 bits per heavy atom. The fourth-order valence-electron chi connectivity index (χ4n) is 2.38. The number of piperidine rings is 1. The van der Waals surface area contributed by atoms with Gasteiger partial charge in [-0.1, -0.05) is 0 Å². The molecule has 1 amide bonds. The van der Waals surface area contributed by atoms with Crippen LogP contribution < -0.4 is 5.73 Å². The van der Waals surface area contributed by atoms with E-state index >= 15 is 0 Å². The molecule has 0 bridgehead atoms. The van der Waals surface area contributed by atoms with E-state index < -0.39 is 0 Å². The van der Waals surface area contributed by atoms with Gasteiger partial charge in [-0.2, -0.15) is 0 Å². The molecule has 1 saturated heterocycles. The summed E-state index contributed by atoms with van der Waals surface area (Å²) in [6.07, 6.45) is 1.99. The van der Waals surface area contributed by atoms with Crippen LogP contribution in [0.1, 0.15) is 26.7 Å². The molecular weight excluding hydrogens is 202 g/mol. The van der Waals surface area contributed by atoms with E-state index in [1.165, 1.54) is 0 Å². The van der Waals surface area contributed by atoms with Crippen molar-refractivity contribution in [2.24, 2.45) is 11.7 Å². The highest BCUT2D eigenvalue weighted by Crippen LogP contribution is 2.19. The van der Waals surface area contributed by atoms with Crippen LogP contribution in [0.15, 0.2) is 0 Å². The lowest BCUT2D eigenvalue weighted by atomic mass is 9.95. The van der Waals surface area contributed by atoms with Crippen LogP contribution in [0.4, 0.5) is 0 Å². The number of nitrogens with zero attached hydrogens (tertiary/aromatic N) is 2. The van der Waals surface area contributed by atoms with Crippen molar-refractivity contribution in [2.45, 2.75) is 26.7 Å². The molecule has 1 heterocycles. The van der Waals surface area contributed by atoms with E-state index in [1.807, 2.05) is 18.7 Å². The van der Waals surface area contributed by atoms with E-state index in [-0.39, 0.29) is 5.92 Å². The third-order valence-corrected chi connectivity index (χ3v) is 3.46. The predicted octanol–water partition coefficient (Wildman–Crippen LogP) is 0.526. The van der Waals surface area contributed by atoms with Crippen molar-refractivity contribution in [3.8, 4) is 0 Å². The highest BCUT2D eigenvalue weighted by Gasteiger charge is 2.26. The number of carbonyl (C=O) groups excluding carboxylic acids is 1. The van der Waals surface area contributed by atoms with Gasteiger partial charge in [0.25, 0.3) is 0 Å². The van der Waals surface area contributed by atoms with Gasteiger partial charge in [0.15, 0.2) is 0 Å². The van der Waals surface area contributed by atoms with Gasteiger partial charge in [0, 0.05) is 32.1 Å². The molecule has 94 valence electrons. The van der Waals surface area contributed by atoms with Crippen LogP contribution in [-0.4, -0.2) is 55.0 Å². The molecule has 0 atom stereocenters. The molecule has 16 heavy (non-hydrogen) atoms. The van der Waals surface area contributed by atoms with Crippen LogP contribution >= 0.6 is 0 Å². The molecule has 0 spiro atoms. The molecule has 0 radical (unpaired) electrons. The van der Waals surface area contributed by atoms with Crippen LogP contribution in [0.2, 0.25) is 0 Å². The maximum Gasteiger partial charge on any atom is 0.225 e. The van der Waals surface area contributed by atoms with Gasteiger partial charge >= 0.3 is 0 Å². The predicted molar refractivity (Wildman–Crippen MR) is 66.1 cm³/mol. The number of hydrogen-bond acceptors (Lipinski definition) is 3. The summed E-state index contributed by atoms with van der Waals surface area (Å²) >= 11 is 0. The zero-order chi connectivity index (χ0) is 12.0. The third kappa shape index (κ3) is 3.46. The highest BCUT2D eigenvalue weighted by molar-refractivity contribution is 5.78. The van der Waals surface area contributed by atoms with Crippen LogP contribution in [-0.2, 0) is 4.79 Å². The minimum Gasteiger partial charge on any atom is -0.343 e. The Balaban J connectivity index is 2.38. The van der Waals surface area contributed by atoms with Crippen molar-refractivity contribution in [1.29, 1.82) is 0 Å².